The average molecular weight is 399 g/mol. The highest BCUT2D eigenvalue weighted by molar-refractivity contribution is 7.80. The van der Waals surface area contributed by atoms with Crippen LogP contribution in [-0.2, 0) is 0 Å². The zero-order chi connectivity index (χ0) is 19.5. The van der Waals surface area contributed by atoms with Crippen molar-refractivity contribution in [2.24, 2.45) is 5.10 Å². The molecule has 0 saturated carbocycles. The molecular formula is C20H23FN6S. The quantitative estimate of drug-likeness (QED) is 0.599. The summed E-state index contributed by atoms with van der Waals surface area (Å²) in [6.45, 7) is 5.45. The number of benzene rings is 1. The summed E-state index contributed by atoms with van der Waals surface area (Å²) in [5.41, 5.74) is 6.38. The summed E-state index contributed by atoms with van der Waals surface area (Å²) in [6, 6.07) is 12.2. The Morgan fingerprint density at radius 2 is 2.14 bits per heavy atom. The molecule has 1 fully saturated rings. The molecule has 1 unspecified atom stereocenters. The molecule has 0 amide bonds. The minimum Gasteiger partial charge on any atom is -0.383 e. The molecule has 3 heterocycles. The number of rotatable bonds is 2. The number of aromatic nitrogens is 1. The number of halogens is 1. The van der Waals surface area contributed by atoms with Crippen LogP contribution >= 0.6 is 12.2 Å². The van der Waals surface area contributed by atoms with Gasteiger partial charge in [-0.15, -0.1) is 0 Å². The molecule has 6 nitrogen and oxygen atoms in total. The van der Waals surface area contributed by atoms with Gasteiger partial charge in [-0.3, -0.25) is 5.43 Å². The highest BCUT2D eigenvalue weighted by Crippen LogP contribution is 2.22. The molecule has 0 bridgehead atoms. The van der Waals surface area contributed by atoms with Crippen molar-refractivity contribution in [2.75, 3.05) is 36.4 Å². The lowest BCUT2D eigenvalue weighted by molar-refractivity contribution is 0.334. The van der Waals surface area contributed by atoms with E-state index in [0.29, 0.717) is 35.5 Å². The molecule has 8 heteroatoms. The molecule has 28 heavy (non-hydrogen) atoms. The Morgan fingerprint density at radius 3 is 2.93 bits per heavy atom. The molecule has 2 aliphatic heterocycles. The summed E-state index contributed by atoms with van der Waals surface area (Å²) >= 11 is 5.56. The molecule has 2 N–H and O–H groups in total. The summed E-state index contributed by atoms with van der Waals surface area (Å²) in [5.74, 6) is -0.360. The lowest BCUT2D eigenvalue weighted by Gasteiger charge is -2.42. The second-order valence-electron chi connectivity index (χ2n) is 7.03. The summed E-state index contributed by atoms with van der Waals surface area (Å²) in [5, 5.41) is 8.23. The van der Waals surface area contributed by atoms with Crippen LogP contribution in [0.25, 0.3) is 0 Å². The van der Waals surface area contributed by atoms with Crippen molar-refractivity contribution in [1.82, 2.24) is 15.3 Å². The number of hydrazone groups is 1. The monoisotopic (exact) mass is 398 g/mol. The van der Waals surface area contributed by atoms with Crippen molar-refractivity contribution in [2.45, 2.75) is 19.4 Å². The number of piperazine rings is 1. The number of hydrogen-bond acceptors (Lipinski definition) is 5. The summed E-state index contributed by atoms with van der Waals surface area (Å²) in [4.78, 5) is 8.71. The van der Waals surface area contributed by atoms with Crippen LogP contribution in [-0.4, -0.2) is 52.9 Å². The first-order chi connectivity index (χ1) is 13.6. The van der Waals surface area contributed by atoms with Crippen molar-refractivity contribution in [3.8, 4) is 0 Å². The van der Waals surface area contributed by atoms with E-state index in [-0.39, 0.29) is 5.82 Å². The number of para-hydroxylation sites is 1. The van der Waals surface area contributed by atoms with Gasteiger partial charge in [-0.25, -0.2) is 9.37 Å². The topological polar surface area (TPSA) is 55.8 Å². The van der Waals surface area contributed by atoms with E-state index in [9.17, 15) is 4.39 Å². The van der Waals surface area contributed by atoms with Gasteiger partial charge in [-0.05, 0) is 31.3 Å². The zero-order valence-corrected chi connectivity index (χ0v) is 16.5. The molecule has 146 valence electrons. The number of anilines is 2. The minimum atomic E-state index is -0.360. The molecule has 1 aromatic heterocycles. The van der Waals surface area contributed by atoms with Gasteiger partial charge in [0.05, 0.1) is 17.6 Å². The lowest BCUT2D eigenvalue weighted by Crippen LogP contribution is -2.55. The van der Waals surface area contributed by atoms with Gasteiger partial charge >= 0.3 is 0 Å². The molecule has 1 saturated heterocycles. The number of nitrogens with zero attached hydrogens (tertiary/aromatic N) is 4. The predicted molar refractivity (Wildman–Crippen MR) is 114 cm³/mol. The van der Waals surface area contributed by atoms with Crippen LogP contribution in [0.15, 0.2) is 47.7 Å². The van der Waals surface area contributed by atoms with E-state index < -0.39 is 0 Å². The maximum Gasteiger partial charge on any atom is 0.189 e. The van der Waals surface area contributed by atoms with Crippen LogP contribution in [0, 0.1) is 5.82 Å². The molecule has 0 aliphatic carbocycles. The molecule has 2 aromatic rings. The molecule has 4 rings (SSSR count). The third-order valence-corrected chi connectivity index (χ3v) is 5.44. The smallest absolute Gasteiger partial charge is 0.189 e. The van der Waals surface area contributed by atoms with Crippen molar-refractivity contribution in [3.63, 3.8) is 0 Å². The second-order valence-corrected chi connectivity index (χ2v) is 7.41. The van der Waals surface area contributed by atoms with Gasteiger partial charge < -0.3 is 15.1 Å². The van der Waals surface area contributed by atoms with Crippen LogP contribution in [0.5, 0.6) is 0 Å². The van der Waals surface area contributed by atoms with Gasteiger partial charge in [0.25, 0.3) is 0 Å². The Morgan fingerprint density at radius 1 is 1.32 bits per heavy atom. The van der Waals surface area contributed by atoms with Gasteiger partial charge in [0.2, 0.25) is 0 Å². The van der Waals surface area contributed by atoms with E-state index >= 15 is 0 Å². The van der Waals surface area contributed by atoms with E-state index in [0.717, 1.165) is 25.3 Å². The maximum atomic E-state index is 13.4. The number of fused-ring (bicyclic) bond motifs is 1. The normalized spacial score (nSPS) is 20.5. The third kappa shape index (κ3) is 3.91. The van der Waals surface area contributed by atoms with Gasteiger partial charge in [-0.2, -0.15) is 5.10 Å². The summed E-state index contributed by atoms with van der Waals surface area (Å²) in [7, 11) is 0. The molecule has 0 spiro atoms. The van der Waals surface area contributed by atoms with Crippen molar-refractivity contribution < 1.29 is 4.39 Å². The molecular weight excluding hydrogens is 375 g/mol. The SMILES string of the molecule is CC1CN(C(=S)N/N=C2/CCNc3cc(F)cnc32)CCN1c1ccccc1. The molecule has 1 atom stereocenters. The number of pyridine rings is 1. The average Bonchev–Trinajstić information content (AvgIpc) is 2.72. The molecule has 1 aromatic carbocycles. The standard InChI is InChI=1S/C20H23FN6S/c1-14-13-26(9-10-27(14)16-5-3-2-4-6-16)20(28)25-24-17-7-8-22-18-11-15(21)12-23-19(17)18/h2-6,11-12,14,22H,7-10,13H2,1H3,(H,25,28)/b24-17-. The van der Waals surface area contributed by atoms with E-state index in [1.807, 2.05) is 6.07 Å². The highest BCUT2D eigenvalue weighted by Gasteiger charge is 2.25. The minimum absolute atomic E-state index is 0.341. The van der Waals surface area contributed by atoms with E-state index in [1.165, 1.54) is 18.0 Å². The fraction of sp³-hybridized carbons (Fsp3) is 0.350. The number of thiocarbonyl (C=S) groups is 1. The van der Waals surface area contributed by atoms with Crippen molar-refractivity contribution >= 4 is 34.4 Å². The van der Waals surface area contributed by atoms with Gasteiger partial charge in [-0.1, -0.05) is 18.2 Å². The first-order valence-corrected chi connectivity index (χ1v) is 9.85. The van der Waals surface area contributed by atoms with Gasteiger partial charge in [0.15, 0.2) is 5.11 Å². The fourth-order valence-electron chi connectivity index (χ4n) is 3.68. The fourth-order valence-corrected chi connectivity index (χ4v) is 3.89. The Labute approximate surface area is 169 Å². The van der Waals surface area contributed by atoms with Crippen LogP contribution < -0.4 is 15.6 Å². The van der Waals surface area contributed by atoms with Crippen LogP contribution in [0.2, 0.25) is 0 Å². The Balaban J connectivity index is 1.40. The Kier molecular flexibility index (Phi) is 5.38. The van der Waals surface area contributed by atoms with Crippen LogP contribution in [0.3, 0.4) is 0 Å². The van der Waals surface area contributed by atoms with Crippen LogP contribution in [0.1, 0.15) is 19.0 Å². The highest BCUT2D eigenvalue weighted by atomic mass is 32.1. The van der Waals surface area contributed by atoms with Gasteiger partial charge in [0.1, 0.15) is 11.5 Å². The Bertz CT molecular complexity index is 888. The predicted octanol–water partition coefficient (Wildman–Crippen LogP) is 2.83. The van der Waals surface area contributed by atoms with Crippen molar-refractivity contribution in [1.29, 1.82) is 0 Å². The molecule has 0 radical (unpaired) electrons. The first kappa shape index (κ1) is 18.6. The van der Waals surface area contributed by atoms with Crippen molar-refractivity contribution in [3.05, 3.63) is 54.1 Å². The third-order valence-electron chi connectivity index (χ3n) is 5.09. The van der Waals surface area contributed by atoms with E-state index in [2.05, 4.69) is 61.8 Å². The Hall–Kier alpha value is -2.74. The largest absolute Gasteiger partial charge is 0.383 e. The zero-order valence-electron chi connectivity index (χ0n) is 15.7. The number of nitrogens with one attached hydrogen (secondary N) is 2. The number of hydrogen-bond donors (Lipinski definition) is 2. The summed E-state index contributed by atoms with van der Waals surface area (Å²) < 4.78 is 13.4. The lowest BCUT2D eigenvalue weighted by atomic mass is 10.1. The van der Waals surface area contributed by atoms with E-state index in [1.54, 1.807) is 0 Å². The maximum absolute atomic E-state index is 13.4. The summed E-state index contributed by atoms with van der Waals surface area (Å²) in [6.07, 6.45) is 1.92. The van der Waals surface area contributed by atoms with Crippen LogP contribution in [0.4, 0.5) is 15.8 Å². The van der Waals surface area contributed by atoms with Gasteiger partial charge in [0, 0.05) is 50.4 Å². The first-order valence-electron chi connectivity index (χ1n) is 9.45. The molecule has 2 aliphatic rings. The van der Waals surface area contributed by atoms with E-state index in [4.69, 9.17) is 12.2 Å². The second kappa shape index (κ2) is 8.10.